The SMILES string of the molecule is CC[C@H](C)[C@H](NC(=O)[C@H](CC1CCCCC1)NC(=O)c1ccno1)C(=O)N1CCCC(Nc2ccccc2F)C1. The van der Waals surface area contributed by atoms with Gasteiger partial charge in [0.25, 0.3) is 5.91 Å². The minimum Gasteiger partial charge on any atom is -0.378 e. The highest BCUT2D eigenvalue weighted by Crippen LogP contribution is 2.28. The predicted octanol–water partition coefficient (Wildman–Crippen LogP) is 4.52. The van der Waals surface area contributed by atoms with Crippen LogP contribution in [0.2, 0.25) is 0 Å². The third-order valence-corrected chi connectivity index (χ3v) is 8.32. The number of amides is 3. The van der Waals surface area contributed by atoms with Crippen molar-refractivity contribution in [2.45, 2.75) is 89.8 Å². The van der Waals surface area contributed by atoms with Crippen molar-refractivity contribution >= 4 is 23.4 Å². The van der Waals surface area contributed by atoms with Gasteiger partial charge in [-0.15, -0.1) is 0 Å². The van der Waals surface area contributed by atoms with E-state index in [2.05, 4.69) is 21.1 Å². The van der Waals surface area contributed by atoms with Crippen molar-refractivity contribution in [3.8, 4) is 0 Å². The van der Waals surface area contributed by atoms with Crippen LogP contribution in [0.1, 0.15) is 82.2 Å². The molecule has 3 N–H and O–H groups in total. The predicted molar refractivity (Wildman–Crippen MR) is 150 cm³/mol. The number of hydrogen-bond donors (Lipinski definition) is 3. The molecule has 1 aliphatic carbocycles. The molecule has 10 heteroatoms. The third-order valence-electron chi connectivity index (χ3n) is 8.32. The van der Waals surface area contributed by atoms with Crippen LogP contribution in [0.5, 0.6) is 0 Å². The molecule has 1 aliphatic heterocycles. The van der Waals surface area contributed by atoms with E-state index in [1.165, 1.54) is 24.8 Å². The molecule has 2 aromatic rings. The minimum absolute atomic E-state index is 0.0395. The van der Waals surface area contributed by atoms with Crippen molar-refractivity contribution in [2.75, 3.05) is 18.4 Å². The van der Waals surface area contributed by atoms with E-state index in [0.29, 0.717) is 37.5 Å². The standard InChI is InChI=1S/C30H42FN5O4/c1-3-20(2)27(30(39)36-17-9-12-22(19-36)33-24-14-8-7-13-23(24)31)35-28(37)25(18-21-10-5-4-6-11-21)34-29(38)26-15-16-32-40-26/h7-8,13-16,20-22,25,27,33H,3-6,9-12,17-19H2,1-2H3,(H,34,38)(H,35,37)/t20-,22?,25-,27-/m0/s1. The number of rotatable bonds is 11. The number of piperidine rings is 1. The van der Waals surface area contributed by atoms with E-state index in [4.69, 9.17) is 4.52 Å². The third kappa shape index (κ3) is 7.82. The second-order valence-corrected chi connectivity index (χ2v) is 11.3. The summed E-state index contributed by atoms with van der Waals surface area (Å²) in [6.07, 6.45) is 9.61. The molecule has 1 saturated carbocycles. The number of hydrogen-bond acceptors (Lipinski definition) is 6. The molecule has 4 rings (SSSR count). The van der Waals surface area contributed by atoms with Gasteiger partial charge in [0, 0.05) is 25.2 Å². The van der Waals surface area contributed by atoms with Crippen molar-refractivity contribution in [3.05, 3.63) is 48.1 Å². The quantitative estimate of drug-likeness (QED) is 0.376. The van der Waals surface area contributed by atoms with Crippen LogP contribution < -0.4 is 16.0 Å². The maximum atomic E-state index is 14.2. The molecule has 2 aliphatic rings. The first kappa shape index (κ1) is 29.6. The zero-order chi connectivity index (χ0) is 28.5. The zero-order valence-corrected chi connectivity index (χ0v) is 23.5. The molecule has 1 saturated heterocycles. The average molecular weight is 556 g/mol. The second kappa shape index (κ2) is 14.3. The van der Waals surface area contributed by atoms with Gasteiger partial charge in [0.15, 0.2) is 0 Å². The van der Waals surface area contributed by atoms with Gasteiger partial charge in [-0.1, -0.05) is 69.7 Å². The Kier molecular flexibility index (Phi) is 10.5. The molecule has 0 radical (unpaired) electrons. The molecular formula is C30H42FN5O4. The summed E-state index contributed by atoms with van der Waals surface area (Å²) < 4.78 is 19.2. The maximum Gasteiger partial charge on any atom is 0.290 e. The zero-order valence-electron chi connectivity index (χ0n) is 23.5. The summed E-state index contributed by atoms with van der Waals surface area (Å²) in [7, 11) is 0. The van der Waals surface area contributed by atoms with Gasteiger partial charge in [-0.2, -0.15) is 0 Å². The van der Waals surface area contributed by atoms with Crippen molar-refractivity contribution in [1.29, 1.82) is 0 Å². The summed E-state index contributed by atoms with van der Waals surface area (Å²) in [6, 6.07) is 6.35. The largest absolute Gasteiger partial charge is 0.378 e. The Hall–Kier alpha value is -3.43. The Balaban J connectivity index is 1.45. The number of anilines is 1. The molecule has 2 heterocycles. The Morgan fingerprint density at radius 3 is 2.55 bits per heavy atom. The molecule has 3 amide bonds. The Morgan fingerprint density at radius 2 is 1.85 bits per heavy atom. The highest BCUT2D eigenvalue weighted by molar-refractivity contribution is 5.96. The average Bonchev–Trinajstić information content (AvgIpc) is 3.52. The minimum atomic E-state index is -0.795. The van der Waals surface area contributed by atoms with E-state index in [9.17, 15) is 18.8 Å². The molecule has 40 heavy (non-hydrogen) atoms. The fraction of sp³-hybridized carbons (Fsp3) is 0.600. The van der Waals surface area contributed by atoms with Gasteiger partial charge in [-0.05, 0) is 43.2 Å². The van der Waals surface area contributed by atoms with Gasteiger partial charge in [0.1, 0.15) is 17.9 Å². The molecule has 0 bridgehead atoms. The summed E-state index contributed by atoms with van der Waals surface area (Å²) >= 11 is 0. The van der Waals surface area contributed by atoms with Crippen LogP contribution in [-0.2, 0) is 9.59 Å². The number of benzene rings is 1. The topological polar surface area (TPSA) is 117 Å². The first-order valence-corrected chi connectivity index (χ1v) is 14.7. The number of carbonyl (C=O) groups is 3. The smallest absolute Gasteiger partial charge is 0.290 e. The first-order valence-electron chi connectivity index (χ1n) is 14.7. The summed E-state index contributed by atoms with van der Waals surface area (Å²) in [5.41, 5.74) is 0.418. The molecule has 1 aromatic carbocycles. The van der Waals surface area contributed by atoms with Crippen molar-refractivity contribution in [3.63, 3.8) is 0 Å². The van der Waals surface area contributed by atoms with Gasteiger partial charge < -0.3 is 25.4 Å². The Morgan fingerprint density at radius 1 is 1.07 bits per heavy atom. The molecule has 218 valence electrons. The number of nitrogens with zero attached hydrogens (tertiary/aromatic N) is 2. The summed E-state index contributed by atoms with van der Waals surface area (Å²) in [4.78, 5) is 42.1. The van der Waals surface area contributed by atoms with Gasteiger partial charge in [0.2, 0.25) is 17.6 Å². The van der Waals surface area contributed by atoms with E-state index in [1.54, 1.807) is 23.1 Å². The van der Waals surface area contributed by atoms with Crippen molar-refractivity contribution in [1.82, 2.24) is 20.7 Å². The fourth-order valence-corrected chi connectivity index (χ4v) is 5.78. The van der Waals surface area contributed by atoms with Crippen LogP contribution in [0.3, 0.4) is 0 Å². The van der Waals surface area contributed by atoms with Crippen LogP contribution in [0.25, 0.3) is 0 Å². The monoisotopic (exact) mass is 555 g/mol. The van der Waals surface area contributed by atoms with Crippen LogP contribution in [0, 0.1) is 17.7 Å². The van der Waals surface area contributed by atoms with Gasteiger partial charge >= 0.3 is 0 Å². The van der Waals surface area contributed by atoms with Crippen LogP contribution in [0.4, 0.5) is 10.1 Å². The lowest BCUT2D eigenvalue weighted by Gasteiger charge is -2.37. The molecule has 0 spiro atoms. The number of nitrogens with one attached hydrogen (secondary N) is 3. The molecule has 9 nitrogen and oxygen atoms in total. The van der Waals surface area contributed by atoms with Crippen LogP contribution >= 0.6 is 0 Å². The Bertz CT molecular complexity index is 1120. The lowest BCUT2D eigenvalue weighted by atomic mass is 9.84. The molecule has 1 unspecified atom stereocenters. The maximum absolute atomic E-state index is 14.2. The van der Waals surface area contributed by atoms with E-state index >= 15 is 0 Å². The fourth-order valence-electron chi connectivity index (χ4n) is 5.78. The lowest BCUT2D eigenvalue weighted by Crippen LogP contribution is -2.58. The highest BCUT2D eigenvalue weighted by Gasteiger charge is 2.35. The van der Waals surface area contributed by atoms with Crippen LogP contribution in [-0.4, -0.2) is 59.0 Å². The highest BCUT2D eigenvalue weighted by atomic mass is 19.1. The van der Waals surface area contributed by atoms with E-state index in [1.807, 2.05) is 13.8 Å². The van der Waals surface area contributed by atoms with Crippen LogP contribution in [0.15, 0.2) is 41.1 Å². The number of aromatic nitrogens is 1. The number of carbonyl (C=O) groups excluding carboxylic acids is 3. The van der Waals surface area contributed by atoms with Crippen molar-refractivity contribution < 1.29 is 23.3 Å². The second-order valence-electron chi connectivity index (χ2n) is 11.3. The lowest BCUT2D eigenvalue weighted by molar-refractivity contribution is -0.139. The number of halogens is 1. The normalized spacial score (nSPS) is 20.3. The summed E-state index contributed by atoms with van der Waals surface area (Å²) in [5.74, 6) is -1.10. The van der Waals surface area contributed by atoms with E-state index < -0.39 is 18.0 Å². The van der Waals surface area contributed by atoms with E-state index in [0.717, 1.165) is 38.5 Å². The molecule has 2 fully saturated rings. The summed E-state index contributed by atoms with van der Waals surface area (Å²) in [5, 5.41) is 12.7. The van der Waals surface area contributed by atoms with Gasteiger partial charge in [-0.3, -0.25) is 14.4 Å². The molecule has 1 aromatic heterocycles. The van der Waals surface area contributed by atoms with Crippen molar-refractivity contribution in [2.24, 2.45) is 11.8 Å². The van der Waals surface area contributed by atoms with E-state index in [-0.39, 0.29) is 35.4 Å². The van der Waals surface area contributed by atoms with Gasteiger partial charge in [-0.25, -0.2) is 4.39 Å². The Labute approximate surface area is 235 Å². The first-order chi connectivity index (χ1) is 19.4. The number of para-hydroxylation sites is 1. The molecular weight excluding hydrogens is 513 g/mol. The number of likely N-dealkylation sites (tertiary alicyclic amines) is 1. The molecule has 4 atom stereocenters. The summed E-state index contributed by atoms with van der Waals surface area (Å²) in [6.45, 7) is 4.93. The van der Waals surface area contributed by atoms with Gasteiger partial charge in [0.05, 0.1) is 11.9 Å².